The molecule has 174 valence electrons. The first-order valence-electron chi connectivity index (χ1n) is 10.5. The highest BCUT2D eigenvalue weighted by Crippen LogP contribution is 2.35. The molecule has 2 N–H and O–H groups in total. The number of sulfonamides is 1. The van der Waals surface area contributed by atoms with Gasteiger partial charge in [-0.3, -0.25) is 4.79 Å². The van der Waals surface area contributed by atoms with Gasteiger partial charge in [0.2, 0.25) is 10.0 Å². The van der Waals surface area contributed by atoms with Crippen LogP contribution in [0.1, 0.15) is 52.7 Å². The first kappa shape index (κ1) is 25.6. The van der Waals surface area contributed by atoms with Gasteiger partial charge in [-0.15, -0.1) is 6.58 Å². The van der Waals surface area contributed by atoms with Gasteiger partial charge in [0.15, 0.2) is 6.61 Å². The summed E-state index contributed by atoms with van der Waals surface area (Å²) >= 11 is 0. The topological polar surface area (TPSA) is 84.5 Å². The van der Waals surface area contributed by atoms with Gasteiger partial charge in [-0.25, -0.2) is 13.1 Å². The van der Waals surface area contributed by atoms with Gasteiger partial charge in [0.05, 0.1) is 4.90 Å². The fourth-order valence-electron chi connectivity index (χ4n) is 3.02. The highest BCUT2D eigenvalue weighted by molar-refractivity contribution is 7.89. The molecular formula is C25H34N2O4S. The van der Waals surface area contributed by atoms with Crippen molar-refractivity contribution in [2.45, 2.75) is 57.3 Å². The molecule has 2 rings (SSSR count). The molecule has 6 nitrogen and oxygen atoms in total. The van der Waals surface area contributed by atoms with E-state index in [0.717, 1.165) is 5.56 Å². The number of carbonyl (C=O) groups is 1. The molecule has 0 saturated carbocycles. The molecule has 2 aromatic carbocycles. The zero-order valence-corrected chi connectivity index (χ0v) is 20.6. The number of hydrogen-bond donors (Lipinski definition) is 2. The highest BCUT2D eigenvalue weighted by atomic mass is 32.2. The molecule has 0 aliphatic heterocycles. The Kier molecular flexibility index (Phi) is 7.91. The van der Waals surface area contributed by atoms with Crippen molar-refractivity contribution in [1.29, 1.82) is 0 Å². The van der Waals surface area contributed by atoms with E-state index in [9.17, 15) is 13.2 Å². The van der Waals surface area contributed by atoms with Crippen molar-refractivity contribution in [2.75, 3.05) is 18.5 Å². The van der Waals surface area contributed by atoms with Crippen LogP contribution in [0.15, 0.2) is 60.0 Å². The summed E-state index contributed by atoms with van der Waals surface area (Å²) in [5.74, 6) is 0.348. The van der Waals surface area contributed by atoms with Gasteiger partial charge in [0.25, 0.3) is 5.91 Å². The van der Waals surface area contributed by atoms with Gasteiger partial charge in [-0.05, 0) is 52.3 Å². The van der Waals surface area contributed by atoms with E-state index in [1.807, 2.05) is 12.1 Å². The SMILES string of the molecule is C=CCNS(=O)(=O)c1ccc(NC(=O)COc2ccc(C(C)(C)C)cc2C(C)(C)C)cc1. The van der Waals surface area contributed by atoms with Gasteiger partial charge < -0.3 is 10.1 Å². The van der Waals surface area contributed by atoms with Crippen molar-refractivity contribution in [3.05, 3.63) is 66.2 Å². The minimum Gasteiger partial charge on any atom is -0.483 e. The molecule has 0 fully saturated rings. The molecule has 0 saturated heterocycles. The first-order chi connectivity index (χ1) is 14.7. The fourth-order valence-corrected chi connectivity index (χ4v) is 4.02. The van der Waals surface area contributed by atoms with Crippen LogP contribution in [-0.2, 0) is 25.6 Å². The second kappa shape index (κ2) is 9.88. The van der Waals surface area contributed by atoms with Gasteiger partial charge in [-0.2, -0.15) is 0 Å². The van der Waals surface area contributed by atoms with Crippen LogP contribution in [0.2, 0.25) is 0 Å². The molecule has 0 unspecified atom stereocenters. The van der Waals surface area contributed by atoms with Crippen LogP contribution in [0.25, 0.3) is 0 Å². The molecule has 0 radical (unpaired) electrons. The van der Waals surface area contributed by atoms with E-state index >= 15 is 0 Å². The second-order valence-corrected chi connectivity index (χ2v) is 11.5. The highest BCUT2D eigenvalue weighted by Gasteiger charge is 2.23. The van der Waals surface area contributed by atoms with E-state index in [1.165, 1.54) is 23.8 Å². The van der Waals surface area contributed by atoms with Crippen molar-refractivity contribution < 1.29 is 17.9 Å². The molecule has 0 spiro atoms. The standard InChI is InChI=1S/C25H34N2O4S/c1-8-15-26-32(29,30)20-12-10-19(11-13-20)27-23(28)17-31-22-14-9-18(24(2,3)4)16-21(22)25(5,6)7/h8-14,16,26H,1,15,17H2,2-7H3,(H,27,28). The summed E-state index contributed by atoms with van der Waals surface area (Å²) in [5.41, 5.74) is 2.60. The van der Waals surface area contributed by atoms with E-state index in [4.69, 9.17) is 4.74 Å². The van der Waals surface area contributed by atoms with Crippen LogP contribution >= 0.6 is 0 Å². The molecule has 0 aliphatic carbocycles. The molecular weight excluding hydrogens is 424 g/mol. The molecule has 7 heteroatoms. The maximum absolute atomic E-state index is 12.4. The Balaban J connectivity index is 2.08. The third-order valence-corrected chi connectivity index (χ3v) is 6.32. The van der Waals surface area contributed by atoms with E-state index in [1.54, 1.807) is 12.1 Å². The van der Waals surface area contributed by atoms with Crippen molar-refractivity contribution >= 4 is 21.6 Å². The third-order valence-electron chi connectivity index (χ3n) is 4.88. The van der Waals surface area contributed by atoms with Gasteiger partial charge in [0.1, 0.15) is 5.75 Å². The minimum atomic E-state index is -3.61. The molecule has 32 heavy (non-hydrogen) atoms. The molecule has 0 aliphatic rings. The molecule has 0 heterocycles. The molecule has 0 aromatic heterocycles. The number of carbonyl (C=O) groups excluding carboxylic acids is 1. The normalized spacial score (nSPS) is 12.3. The number of nitrogens with one attached hydrogen (secondary N) is 2. The predicted molar refractivity (Wildman–Crippen MR) is 130 cm³/mol. The van der Waals surface area contributed by atoms with E-state index in [2.05, 4.69) is 64.2 Å². The Morgan fingerprint density at radius 3 is 2.16 bits per heavy atom. The Bertz CT molecular complexity index is 1060. The predicted octanol–water partition coefficient (Wildman–Crippen LogP) is 4.76. The number of amides is 1. The van der Waals surface area contributed by atoms with Crippen molar-refractivity contribution in [3.63, 3.8) is 0 Å². The summed E-state index contributed by atoms with van der Waals surface area (Å²) in [4.78, 5) is 12.5. The Morgan fingerprint density at radius 1 is 1.00 bits per heavy atom. The number of rotatable bonds is 8. The Labute approximate surface area is 192 Å². The number of anilines is 1. The zero-order valence-electron chi connectivity index (χ0n) is 19.8. The lowest BCUT2D eigenvalue weighted by molar-refractivity contribution is -0.118. The number of hydrogen-bond acceptors (Lipinski definition) is 4. The van der Waals surface area contributed by atoms with Crippen molar-refractivity contribution in [3.8, 4) is 5.75 Å². The van der Waals surface area contributed by atoms with Gasteiger partial charge >= 0.3 is 0 Å². The monoisotopic (exact) mass is 458 g/mol. The van der Waals surface area contributed by atoms with Crippen LogP contribution in [0, 0.1) is 0 Å². The average molecular weight is 459 g/mol. The largest absolute Gasteiger partial charge is 0.483 e. The lowest BCUT2D eigenvalue weighted by Gasteiger charge is -2.27. The van der Waals surface area contributed by atoms with Crippen LogP contribution in [0.5, 0.6) is 5.75 Å². The first-order valence-corrected chi connectivity index (χ1v) is 12.0. The third kappa shape index (κ3) is 6.93. The van der Waals surface area contributed by atoms with Gasteiger partial charge in [-0.1, -0.05) is 59.8 Å². The Hall–Kier alpha value is -2.64. The average Bonchev–Trinajstić information content (AvgIpc) is 2.69. The lowest BCUT2D eigenvalue weighted by atomic mass is 9.80. The van der Waals surface area contributed by atoms with Gasteiger partial charge in [0, 0.05) is 12.2 Å². The summed E-state index contributed by atoms with van der Waals surface area (Å²) < 4.78 is 32.5. The molecule has 2 aromatic rings. The summed E-state index contributed by atoms with van der Waals surface area (Å²) in [5, 5.41) is 2.73. The van der Waals surface area contributed by atoms with E-state index in [0.29, 0.717) is 11.4 Å². The fraction of sp³-hybridized carbons (Fsp3) is 0.400. The summed E-state index contributed by atoms with van der Waals surface area (Å²) in [7, 11) is -3.61. The number of ether oxygens (including phenoxy) is 1. The molecule has 1 amide bonds. The van der Waals surface area contributed by atoms with Crippen molar-refractivity contribution in [2.24, 2.45) is 0 Å². The maximum Gasteiger partial charge on any atom is 0.262 e. The minimum absolute atomic E-state index is 0.0107. The van der Waals surface area contributed by atoms with E-state index < -0.39 is 10.0 Å². The number of benzene rings is 2. The smallest absolute Gasteiger partial charge is 0.262 e. The molecule has 0 bridgehead atoms. The Morgan fingerprint density at radius 2 is 1.62 bits per heavy atom. The van der Waals surface area contributed by atoms with E-state index in [-0.39, 0.29) is 34.8 Å². The van der Waals surface area contributed by atoms with Crippen molar-refractivity contribution in [1.82, 2.24) is 4.72 Å². The van der Waals surface area contributed by atoms with Crippen LogP contribution in [0.4, 0.5) is 5.69 Å². The van der Waals surface area contributed by atoms with Crippen LogP contribution < -0.4 is 14.8 Å². The maximum atomic E-state index is 12.4. The second-order valence-electron chi connectivity index (χ2n) is 9.71. The van der Waals surface area contributed by atoms with Crippen LogP contribution in [-0.4, -0.2) is 27.5 Å². The zero-order chi connectivity index (χ0) is 24.2. The summed E-state index contributed by atoms with van der Waals surface area (Å²) in [6.45, 7) is 16.3. The quantitative estimate of drug-likeness (QED) is 0.559. The van der Waals surface area contributed by atoms with Crippen LogP contribution in [0.3, 0.4) is 0 Å². The summed E-state index contributed by atoms with van der Waals surface area (Å²) in [6, 6.07) is 12.0. The summed E-state index contributed by atoms with van der Waals surface area (Å²) in [6.07, 6.45) is 1.47. The lowest BCUT2D eigenvalue weighted by Crippen LogP contribution is -2.24. The molecule has 0 atom stereocenters.